The molecular weight excluding hydrogens is 437 g/mol. The molecule has 0 aliphatic heterocycles. The second-order valence-corrected chi connectivity index (χ2v) is 10.2. The molecule has 0 fully saturated rings. The minimum atomic E-state index is -4.68. The lowest BCUT2D eigenvalue weighted by molar-refractivity contribution is -0.137. The fourth-order valence-electron chi connectivity index (χ4n) is 2.14. The highest BCUT2D eigenvalue weighted by atomic mass is 32.3. The third-order valence-electron chi connectivity index (χ3n) is 4.21. The van der Waals surface area contributed by atoms with Gasteiger partial charge >= 0.3 is 6.18 Å². The molecule has 0 bridgehead atoms. The summed E-state index contributed by atoms with van der Waals surface area (Å²) in [6.07, 6.45) is -2.02. The van der Waals surface area contributed by atoms with E-state index in [0.29, 0.717) is 17.6 Å². The monoisotopic (exact) mass is 460 g/mol. The predicted molar refractivity (Wildman–Crippen MR) is 116 cm³/mol. The molecule has 0 saturated carbocycles. The van der Waals surface area contributed by atoms with Crippen molar-refractivity contribution in [1.29, 1.82) is 0 Å². The van der Waals surface area contributed by atoms with E-state index in [2.05, 4.69) is 30.5 Å². The maximum absolute atomic E-state index is 13.3. The highest BCUT2D eigenvalue weighted by molar-refractivity contribution is 8.43. The number of carbonyl (C=O) groups excluding carboxylic acids is 1. The van der Waals surface area contributed by atoms with Gasteiger partial charge < -0.3 is 21.1 Å². The first-order valence-corrected chi connectivity index (χ1v) is 11.4. The maximum atomic E-state index is 13.3. The quantitative estimate of drug-likeness (QED) is 0.441. The van der Waals surface area contributed by atoms with Crippen molar-refractivity contribution in [2.75, 3.05) is 28.5 Å². The van der Waals surface area contributed by atoms with Gasteiger partial charge in [-0.3, -0.25) is 4.79 Å². The summed E-state index contributed by atoms with van der Waals surface area (Å²) in [5.41, 5.74) is -0.189. The SMILES string of the molecule is C[C@@H](O)[C@@H](C)Nc1nc(Nc2ccc(NC(=O)S(C)(C)N=O)cc2)ncc1C(F)(F)F. The molecule has 4 N–H and O–H groups in total. The molecule has 0 aliphatic carbocycles. The van der Waals surface area contributed by atoms with E-state index in [1.807, 2.05) is 0 Å². The van der Waals surface area contributed by atoms with Crippen LogP contribution in [0.1, 0.15) is 19.4 Å². The second-order valence-electron chi connectivity index (χ2n) is 7.09. The van der Waals surface area contributed by atoms with E-state index < -0.39 is 45.2 Å². The molecular formula is C18H23F3N6O3S. The average Bonchev–Trinajstić information content (AvgIpc) is 2.68. The number of hydrogen-bond acceptors (Lipinski definition) is 8. The van der Waals surface area contributed by atoms with E-state index in [4.69, 9.17) is 0 Å². The first-order valence-electron chi connectivity index (χ1n) is 8.98. The molecule has 1 heterocycles. The van der Waals surface area contributed by atoms with Crippen molar-refractivity contribution in [1.82, 2.24) is 9.97 Å². The van der Waals surface area contributed by atoms with Crippen molar-refractivity contribution >= 4 is 38.6 Å². The minimum Gasteiger partial charge on any atom is -0.391 e. The molecule has 0 unspecified atom stereocenters. The van der Waals surface area contributed by atoms with Gasteiger partial charge in [-0.2, -0.15) is 18.2 Å². The van der Waals surface area contributed by atoms with Crippen LogP contribution in [0.25, 0.3) is 0 Å². The van der Waals surface area contributed by atoms with E-state index in [9.17, 15) is 28.0 Å². The van der Waals surface area contributed by atoms with Gasteiger partial charge in [0.25, 0.3) is 5.24 Å². The molecule has 2 atom stereocenters. The van der Waals surface area contributed by atoms with Crippen LogP contribution in [0.4, 0.5) is 41.1 Å². The number of nitroso groups, excluding NO2 is 1. The van der Waals surface area contributed by atoms with E-state index in [1.165, 1.54) is 26.4 Å². The number of hydrogen-bond donors (Lipinski definition) is 4. The number of aliphatic hydroxyl groups is 1. The van der Waals surface area contributed by atoms with Crippen molar-refractivity contribution in [2.24, 2.45) is 4.58 Å². The van der Waals surface area contributed by atoms with Gasteiger partial charge in [0.1, 0.15) is 11.4 Å². The maximum Gasteiger partial charge on any atom is 0.421 e. The fourth-order valence-corrected chi connectivity index (χ4v) is 2.57. The Morgan fingerprint density at radius 1 is 1.16 bits per heavy atom. The predicted octanol–water partition coefficient (Wildman–Crippen LogP) is 4.70. The van der Waals surface area contributed by atoms with Crippen LogP contribution in [0.3, 0.4) is 0 Å². The van der Waals surface area contributed by atoms with Gasteiger partial charge in [0.2, 0.25) is 5.95 Å². The molecule has 170 valence electrons. The van der Waals surface area contributed by atoms with Gasteiger partial charge in [-0.1, -0.05) is 0 Å². The zero-order chi connectivity index (χ0) is 23.4. The lowest BCUT2D eigenvalue weighted by Gasteiger charge is -2.21. The van der Waals surface area contributed by atoms with Crippen LogP contribution in [0.5, 0.6) is 0 Å². The normalized spacial score (nSPS) is 14.3. The Morgan fingerprint density at radius 3 is 2.26 bits per heavy atom. The Labute approximate surface area is 178 Å². The number of carbonyl (C=O) groups is 1. The first-order chi connectivity index (χ1) is 14.3. The molecule has 9 nitrogen and oxygen atoms in total. The van der Waals surface area contributed by atoms with Crippen LogP contribution in [0, 0.1) is 4.91 Å². The van der Waals surface area contributed by atoms with E-state index in [-0.39, 0.29) is 5.95 Å². The van der Waals surface area contributed by atoms with Crippen LogP contribution in [-0.2, 0) is 6.18 Å². The summed E-state index contributed by atoms with van der Waals surface area (Å²) in [5.74, 6) is -0.560. The Kier molecular flexibility index (Phi) is 7.44. The Bertz CT molecular complexity index is 938. The smallest absolute Gasteiger partial charge is 0.391 e. The summed E-state index contributed by atoms with van der Waals surface area (Å²) >= 11 is 0. The number of halogens is 3. The highest BCUT2D eigenvalue weighted by Gasteiger charge is 2.36. The van der Waals surface area contributed by atoms with Crippen LogP contribution < -0.4 is 16.0 Å². The minimum absolute atomic E-state index is 0.0965. The van der Waals surface area contributed by atoms with Crippen LogP contribution in [0.15, 0.2) is 35.0 Å². The molecule has 1 aromatic carbocycles. The number of rotatable bonds is 7. The number of nitrogens with one attached hydrogen (secondary N) is 3. The molecule has 2 rings (SSSR count). The summed E-state index contributed by atoms with van der Waals surface area (Å²) in [6.45, 7) is 2.97. The molecule has 0 spiro atoms. The fraction of sp³-hybridized carbons (Fsp3) is 0.389. The van der Waals surface area contributed by atoms with E-state index in [1.54, 1.807) is 24.3 Å². The average molecular weight is 460 g/mol. The molecule has 0 aliphatic rings. The van der Waals surface area contributed by atoms with Crippen molar-refractivity contribution in [3.05, 3.63) is 40.9 Å². The van der Waals surface area contributed by atoms with Gasteiger partial charge in [0.05, 0.1) is 12.1 Å². The number of nitrogens with zero attached hydrogens (tertiary/aromatic N) is 3. The van der Waals surface area contributed by atoms with Crippen molar-refractivity contribution in [2.45, 2.75) is 32.2 Å². The molecule has 13 heteroatoms. The van der Waals surface area contributed by atoms with Crippen LogP contribution in [-0.4, -0.2) is 45.0 Å². The van der Waals surface area contributed by atoms with E-state index >= 15 is 0 Å². The Morgan fingerprint density at radius 2 is 1.74 bits per heavy atom. The summed E-state index contributed by atoms with van der Waals surface area (Å²) in [6, 6.07) is 5.51. The summed E-state index contributed by atoms with van der Waals surface area (Å²) < 4.78 is 42.6. The summed E-state index contributed by atoms with van der Waals surface area (Å²) in [4.78, 5) is 30.4. The molecule has 2 aromatic rings. The van der Waals surface area contributed by atoms with Gasteiger partial charge in [0, 0.05) is 17.6 Å². The number of anilines is 4. The molecule has 0 saturated heterocycles. The Hall–Kier alpha value is -2.93. The molecule has 1 amide bonds. The number of benzene rings is 1. The highest BCUT2D eigenvalue weighted by Crippen LogP contribution is 2.42. The van der Waals surface area contributed by atoms with Gasteiger partial charge in [-0.15, -0.1) is 4.91 Å². The van der Waals surface area contributed by atoms with Gasteiger partial charge in [-0.05, 0) is 65.4 Å². The van der Waals surface area contributed by atoms with Gasteiger partial charge in [0.15, 0.2) is 0 Å². The Balaban J connectivity index is 2.20. The summed E-state index contributed by atoms with van der Waals surface area (Å²) in [5, 5.41) is 17.0. The van der Waals surface area contributed by atoms with Crippen LogP contribution in [0.2, 0.25) is 0 Å². The van der Waals surface area contributed by atoms with Crippen molar-refractivity contribution in [3.63, 3.8) is 0 Å². The zero-order valence-electron chi connectivity index (χ0n) is 17.2. The third kappa shape index (κ3) is 6.52. The third-order valence-corrected chi connectivity index (χ3v) is 5.59. The van der Waals surface area contributed by atoms with Gasteiger partial charge in [-0.25, -0.2) is 4.98 Å². The van der Waals surface area contributed by atoms with Crippen molar-refractivity contribution < 1.29 is 23.1 Å². The van der Waals surface area contributed by atoms with Crippen molar-refractivity contribution in [3.8, 4) is 0 Å². The topological polar surface area (TPSA) is 129 Å². The molecule has 31 heavy (non-hydrogen) atoms. The zero-order valence-corrected chi connectivity index (χ0v) is 18.0. The largest absolute Gasteiger partial charge is 0.421 e. The molecule has 0 radical (unpaired) electrons. The second kappa shape index (κ2) is 9.47. The standard InChI is InChI=1S/C18H23F3N6O3S/c1-10(11(2)28)23-15-14(18(19,20)21)9-22-16(26-15)24-12-5-7-13(8-6-12)25-17(29)31(3,4)27-30/h5-11,28H,1-4H3,(H,25,29)(H2,22,23,24,26)/t10-,11-/m1/s1. The van der Waals surface area contributed by atoms with E-state index in [0.717, 1.165) is 0 Å². The molecule has 1 aromatic heterocycles. The number of amides is 1. The number of aromatic nitrogens is 2. The number of aliphatic hydroxyl groups excluding tert-OH is 1. The van der Waals surface area contributed by atoms with Crippen LogP contribution >= 0.6 is 10.2 Å². The number of alkyl halides is 3. The lowest BCUT2D eigenvalue weighted by Crippen LogP contribution is -2.29. The first kappa shape index (κ1) is 24.3. The lowest BCUT2D eigenvalue weighted by atomic mass is 10.2. The summed E-state index contributed by atoms with van der Waals surface area (Å²) in [7, 11) is -2.33.